The first-order chi connectivity index (χ1) is 8.66. The van der Waals surface area contributed by atoms with E-state index in [-0.39, 0.29) is 18.1 Å². The van der Waals surface area contributed by atoms with Crippen LogP contribution in [0.25, 0.3) is 0 Å². The average Bonchev–Trinajstić information content (AvgIpc) is 2.60. The van der Waals surface area contributed by atoms with Crippen molar-refractivity contribution in [1.29, 1.82) is 0 Å². The van der Waals surface area contributed by atoms with Gasteiger partial charge in [0.2, 0.25) is 0 Å². The summed E-state index contributed by atoms with van der Waals surface area (Å²) in [7, 11) is 0. The van der Waals surface area contributed by atoms with E-state index >= 15 is 0 Å². The molecule has 0 radical (unpaired) electrons. The molecule has 1 aliphatic rings. The van der Waals surface area contributed by atoms with Gasteiger partial charge >= 0.3 is 0 Å². The third-order valence-corrected chi connectivity index (χ3v) is 3.07. The molecule has 1 aromatic rings. The number of hydrogen-bond donors (Lipinski definition) is 1. The molecule has 0 atom stereocenters. The standard InChI is InChI=1S/C12H16FN3O2.ClH/c13-12-8-11(16(17)18)3-2-10(12)9-15-6-1-4-14-5-7-15;/h2-3,8,14H,1,4-7,9H2;1H. The predicted molar refractivity (Wildman–Crippen MR) is 73.1 cm³/mol. The van der Waals surface area contributed by atoms with Crippen LogP contribution in [0.15, 0.2) is 18.2 Å². The molecule has 106 valence electrons. The summed E-state index contributed by atoms with van der Waals surface area (Å²) < 4.78 is 13.7. The number of nitro benzene ring substituents is 1. The minimum Gasteiger partial charge on any atom is -0.315 e. The summed E-state index contributed by atoms with van der Waals surface area (Å²) in [5.41, 5.74) is 0.316. The highest BCUT2D eigenvalue weighted by Gasteiger charge is 2.14. The number of halogens is 2. The highest BCUT2D eigenvalue weighted by atomic mass is 35.5. The number of nitro groups is 1. The fraction of sp³-hybridized carbons (Fsp3) is 0.500. The Kier molecular flexibility index (Phi) is 6.14. The normalized spacial score (nSPS) is 16.5. The molecule has 1 heterocycles. The predicted octanol–water partition coefficient (Wildman–Crippen LogP) is 1.95. The summed E-state index contributed by atoms with van der Waals surface area (Å²) in [5.74, 6) is -0.499. The Hall–Kier alpha value is -1.24. The van der Waals surface area contributed by atoms with Crippen LogP contribution in [-0.4, -0.2) is 36.0 Å². The molecule has 2 rings (SSSR count). The molecule has 1 fully saturated rings. The van der Waals surface area contributed by atoms with E-state index in [0.29, 0.717) is 12.1 Å². The molecule has 0 saturated carbocycles. The van der Waals surface area contributed by atoms with Crippen molar-refractivity contribution < 1.29 is 9.31 Å². The van der Waals surface area contributed by atoms with Crippen LogP contribution in [0.1, 0.15) is 12.0 Å². The van der Waals surface area contributed by atoms with Crippen LogP contribution in [0.4, 0.5) is 10.1 Å². The first-order valence-corrected chi connectivity index (χ1v) is 6.03. The van der Waals surface area contributed by atoms with Crippen LogP contribution in [-0.2, 0) is 6.54 Å². The number of rotatable bonds is 3. The van der Waals surface area contributed by atoms with Gasteiger partial charge < -0.3 is 5.32 Å². The van der Waals surface area contributed by atoms with Crippen LogP contribution < -0.4 is 5.32 Å². The van der Waals surface area contributed by atoms with Crippen LogP contribution in [0, 0.1) is 15.9 Å². The number of non-ortho nitro benzene ring substituents is 1. The zero-order valence-corrected chi connectivity index (χ0v) is 11.3. The number of nitrogens with zero attached hydrogens (tertiary/aromatic N) is 2. The molecule has 5 nitrogen and oxygen atoms in total. The molecule has 0 amide bonds. The van der Waals surface area contributed by atoms with Gasteiger partial charge in [-0.2, -0.15) is 0 Å². The molecule has 1 N–H and O–H groups in total. The first-order valence-electron chi connectivity index (χ1n) is 6.03. The van der Waals surface area contributed by atoms with Crippen LogP contribution in [0.3, 0.4) is 0 Å². The molecule has 19 heavy (non-hydrogen) atoms. The van der Waals surface area contributed by atoms with Gasteiger partial charge in [-0.15, -0.1) is 12.4 Å². The molecule has 0 aliphatic carbocycles. The van der Waals surface area contributed by atoms with Crippen LogP contribution in [0.2, 0.25) is 0 Å². The van der Waals surface area contributed by atoms with Crippen molar-refractivity contribution in [2.75, 3.05) is 26.2 Å². The largest absolute Gasteiger partial charge is 0.315 e. The van der Waals surface area contributed by atoms with E-state index < -0.39 is 10.7 Å². The van der Waals surface area contributed by atoms with Crippen molar-refractivity contribution in [3.8, 4) is 0 Å². The first kappa shape index (κ1) is 15.8. The molecule has 1 aliphatic heterocycles. The maximum Gasteiger partial charge on any atom is 0.272 e. The summed E-state index contributed by atoms with van der Waals surface area (Å²) in [6.07, 6.45) is 1.04. The lowest BCUT2D eigenvalue weighted by Crippen LogP contribution is -2.28. The topological polar surface area (TPSA) is 58.4 Å². The Balaban J connectivity index is 0.00000180. The molecule has 1 saturated heterocycles. The maximum atomic E-state index is 13.7. The van der Waals surface area contributed by atoms with Crippen molar-refractivity contribution in [3.05, 3.63) is 39.7 Å². The van der Waals surface area contributed by atoms with Gasteiger partial charge in [0.1, 0.15) is 5.82 Å². The van der Waals surface area contributed by atoms with E-state index in [9.17, 15) is 14.5 Å². The molecule has 0 spiro atoms. The van der Waals surface area contributed by atoms with Gasteiger partial charge in [-0.05, 0) is 25.6 Å². The summed E-state index contributed by atoms with van der Waals surface area (Å²) in [6.45, 7) is 4.18. The molecule has 1 aromatic carbocycles. The van der Waals surface area contributed by atoms with Gasteiger partial charge in [-0.1, -0.05) is 0 Å². The minimum atomic E-state index is -0.581. The Morgan fingerprint density at radius 2 is 2.16 bits per heavy atom. The monoisotopic (exact) mass is 289 g/mol. The van der Waals surface area contributed by atoms with Crippen molar-refractivity contribution in [2.24, 2.45) is 0 Å². The smallest absolute Gasteiger partial charge is 0.272 e. The maximum absolute atomic E-state index is 13.7. The Morgan fingerprint density at radius 1 is 1.37 bits per heavy atom. The second kappa shape index (κ2) is 7.37. The average molecular weight is 290 g/mol. The van der Waals surface area contributed by atoms with Gasteiger partial charge in [-0.3, -0.25) is 15.0 Å². The van der Waals surface area contributed by atoms with E-state index in [0.717, 1.165) is 38.7 Å². The summed E-state index contributed by atoms with van der Waals surface area (Å²) in [4.78, 5) is 12.1. The van der Waals surface area contributed by atoms with Crippen molar-refractivity contribution in [3.63, 3.8) is 0 Å². The second-order valence-electron chi connectivity index (χ2n) is 4.41. The number of nitrogens with one attached hydrogen (secondary N) is 1. The van der Waals surface area contributed by atoms with Crippen LogP contribution >= 0.6 is 12.4 Å². The second-order valence-corrected chi connectivity index (χ2v) is 4.41. The third kappa shape index (κ3) is 4.41. The molecule has 7 heteroatoms. The van der Waals surface area contributed by atoms with Gasteiger partial charge in [0.15, 0.2) is 0 Å². The summed E-state index contributed by atoms with van der Waals surface area (Å²) in [6, 6.07) is 3.85. The van der Waals surface area contributed by atoms with E-state index in [2.05, 4.69) is 10.2 Å². The number of benzene rings is 1. The summed E-state index contributed by atoms with van der Waals surface area (Å²) >= 11 is 0. The Morgan fingerprint density at radius 3 is 2.84 bits per heavy atom. The van der Waals surface area contributed by atoms with Crippen molar-refractivity contribution in [2.45, 2.75) is 13.0 Å². The lowest BCUT2D eigenvalue weighted by Gasteiger charge is -2.19. The lowest BCUT2D eigenvalue weighted by molar-refractivity contribution is -0.385. The molecular weight excluding hydrogens is 273 g/mol. The van der Waals surface area contributed by atoms with Crippen molar-refractivity contribution in [1.82, 2.24) is 10.2 Å². The molecule has 0 unspecified atom stereocenters. The summed E-state index contributed by atoms with van der Waals surface area (Å²) in [5, 5.41) is 13.8. The molecule has 0 aromatic heterocycles. The highest BCUT2D eigenvalue weighted by molar-refractivity contribution is 5.85. The Labute approximate surface area is 117 Å². The third-order valence-electron chi connectivity index (χ3n) is 3.07. The van der Waals surface area contributed by atoms with Crippen LogP contribution in [0.5, 0.6) is 0 Å². The Bertz CT molecular complexity index is 437. The molecular formula is C12H17ClFN3O2. The van der Waals surface area contributed by atoms with Gasteiger partial charge in [0.05, 0.1) is 11.0 Å². The quantitative estimate of drug-likeness (QED) is 0.682. The van der Waals surface area contributed by atoms with Crippen molar-refractivity contribution >= 4 is 18.1 Å². The molecule has 0 bridgehead atoms. The van der Waals surface area contributed by atoms with Gasteiger partial charge in [0, 0.05) is 31.3 Å². The zero-order chi connectivity index (χ0) is 13.0. The van der Waals surface area contributed by atoms with Gasteiger partial charge in [-0.25, -0.2) is 4.39 Å². The lowest BCUT2D eigenvalue weighted by atomic mass is 10.1. The SMILES string of the molecule is Cl.O=[N+]([O-])c1ccc(CN2CCCNCC2)c(F)c1. The minimum absolute atomic E-state index is 0. The fourth-order valence-corrected chi connectivity index (χ4v) is 2.08. The van der Waals surface area contributed by atoms with E-state index in [1.807, 2.05) is 0 Å². The van der Waals surface area contributed by atoms with E-state index in [4.69, 9.17) is 0 Å². The zero-order valence-electron chi connectivity index (χ0n) is 10.5. The number of hydrogen-bond acceptors (Lipinski definition) is 4. The van der Waals surface area contributed by atoms with E-state index in [1.54, 1.807) is 0 Å². The van der Waals surface area contributed by atoms with Gasteiger partial charge in [0.25, 0.3) is 5.69 Å². The highest BCUT2D eigenvalue weighted by Crippen LogP contribution is 2.18. The fourth-order valence-electron chi connectivity index (χ4n) is 2.08. The van der Waals surface area contributed by atoms with E-state index in [1.165, 1.54) is 12.1 Å².